The van der Waals surface area contributed by atoms with Crippen molar-refractivity contribution in [1.29, 1.82) is 0 Å². The molecular formula is C14H28Br2O4Te. The van der Waals surface area contributed by atoms with E-state index in [0.717, 1.165) is 38.5 Å². The van der Waals surface area contributed by atoms with E-state index in [1.165, 1.54) is 12.8 Å². The molecule has 7 heteroatoms. The van der Waals surface area contributed by atoms with E-state index in [1.807, 2.05) is 0 Å². The molecule has 0 bridgehead atoms. The van der Waals surface area contributed by atoms with Crippen LogP contribution in [0.4, 0.5) is 0 Å². The number of halogens is 2. The van der Waals surface area contributed by atoms with Crippen LogP contribution in [0.5, 0.6) is 0 Å². The summed E-state index contributed by atoms with van der Waals surface area (Å²) < 4.78 is 0. The molecule has 0 radical (unpaired) electrons. The van der Waals surface area contributed by atoms with Crippen LogP contribution < -0.4 is 0 Å². The Kier molecular flexibility index (Phi) is 32.4. The number of carboxylic acids is 2. The van der Waals surface area contributed by atoms with E-state index in [0.29, 0.717) is 12.8 Å². The summed E-state index contributed by atoms with van der Waals surface area (Å²) in [6, 6.07) is 0. The molecule has 0 atom stereocenters. The molecule has 0 saturated carbocycles. The Hall–Kier alpha value is 0.690. The zero-order chi connectivity index (χ0) is 16.9. The summed E-state index contributed by atoms with van der Waals surface area (Å²) in [5.41, 5.74) is 0. The van der Waals surface area contributed by atoms with Gasteiger partial charge in [0.1, 0.15) is 0 Å². The Bertz CT molecular complexity index is 207. The van der Waals surface area contributed by atoms with Gasteiger partial charge in [0.25, 0.3) is 0 Å². The molecule has 0 fully saturated rings. The van der Waals surface area contributed by atoms with E-state index in [-0.39, 0.29) is 16.5 Å². The molecule has 21 heavy (non-hydrogen) atoms. The van der Waals surface area contributed by atoms with Crippen LogP contribution in [0.1, 0.15) is 78.1 Å². The van der Waals surface area contributed by atoms with Crippen molar-refractivity contribution in [2.75, 3.05) is 0 Å². The van der Waals surface area contributed by atoms with Crippen LogP contribution in [0, 0.1) is 0 Å². The molecule has 4 nitrogen and oxygen atoms in total. The fourth-order valence-electron chi connectivity index (χ4n) is 1.41. The summed E-state index contributed by atoms with van der Waals surface area (Å²) in [6.07, 6.45) is 9.11. The average molecular weight is 548 g/mol. The van der Waals surface area contributed by atoms with E-state index in [2.05, 4.69) is 39.4 Å². The molecule has 0 aromatic rings. The first-order valence-corrected chi connectivity index (χ1v) is 17.7. The third kappa shape index (κ3) is 44.9. The van der Waals surface area contributed by atoms with E-state index < -0.39 is 11.9 Å². The summed E-state index contributed by atoms with van der Waals surface area (Å²) in [6.45, 7) is 4.22. The second-order valence-corrected chi connectivity index (χ2v) is 15.0. The Morgan fingerprint density at radius 2 is 1.05 bits per heavy atom. The number of unbranched alkanes of at least 4 members (excludes halogenated alkanes) is 6. The van der Waals surface area contributed by atoms with Crippen LogP contribution in [-0.4, -0.2) is 38.7 Å². The van der Waals surface area contributed by atoms with Crippen molar-refractivity contribution in [3.05, 3.63) is 0 Å². The van der Waals surface area contributed by atoms with Crippen molar-refractivity contribution >= 4 is 54.0 Å². The van der Waals surface area contributed by atoms with Crippen molar-refractivity contribution < 1.29 is 19.8 Å². The maximum absolute atomic E-state index is 9.96. The van der Waals surface area contributed by atoms with Gasteiger partial charge in [0.15, 0.2) is 0 Å². The van der Waals surface area contributed by atoms with E-state index in [4.69, 9.17) is 10.2 Å². The first-order chi connectivity index (χ1) is 9.95. The van der Waals surface area contributed by atoms with Gasteiger partial charge in [0.2, 0.25) is 0 Å². The normalized spacial score (nSPS) is 8.95. The summed E-state index contributed by atoms with van der Waals surface area (Å²) in [5.74, 6) is -1.35. The van der Waals surface area contributed by atoms with Crippen molar-refractivity contribution in [1.82, 2.24) is 0 Å². The third-order valence-electron chi connectivity index (χ3n) is 2.49. The molecule has 0 aliphatic carbocycles. The monoisotopic (exact) mass is 548 g/mol. The maximum Gasteiger partial charge on any atom is 0.303 e. The van der Waals surface area contributed by atoms with Crippen molar-refractivity contribution in [3.63, 3.8) is 0 Å². The van der Waals surface area contributed by atoms with Gasteiger partial charge in [0.05, 0.1) is 0 Å². The number of carbonyl (C=O) groups is 2. The summed E-state index contributed by atoms with van der Waals surface area (Å²) >= 11 is 6.48. The molecule has 0 saturated heterocycles. The van der Waals surface area contributed by atoms with Gasteiger partial charge < -0.3 is 10.2 Å². The molecule has 0 aliphatic heterocycles. The Morgan fingerprint density at radius 3 is 1.24 bits per heavy atom. The van der Waals surface area contributed by atoms with Crippen molar-refractivity contribution in [2.45, 2.75) is 78.1 Å². The van der Waals surface area contributed by atoms with Gasteiger partial charge in [-0.1, -0.05) is 52.4 Å². The van der Waals surface area contributed by atoms with E-state index >= 15 is 0 Å². The number of hydrogen-bond acceptors (Lipinski definition) is 2. The van der Waals surface area contributed by atoms with Gasteiger partial charge in [-0.05, 0) is 12.8 Å². The minimum atomic E-state index is -0.675. The Balaban J connectivity index is -0.000000260. The number of hydrogen-bond donors (Lipinski definition) is 2. The van der Waals surface area contributed by atoms with Crippen molar-refractivity contribution in [2.24, 2.45) is 0 Å². The molecule has 0 unspecified atom stereocenters. The standard InChI is InChI=1S/2C7H14O2.Br2Te/c2*1-2-3-4-5-6-7(8)9;1-3-2/h2*2-6H2,1H3,(H,8,9);. The second-order valence-electron chi connectivity index (χ2n) is 4.47. The van der Waals surface area contributed by atoms with Crippen LogP contribution in [0.25, 0.3) is 0 Å². The summed E-state index contributed by atoms with van der Waals surface area (Å²) in [5, 5.41) is 16.4. The molecule has 0 heterocycles. The van der Waals surface area contributed by atoms with Crippen LogP contribution in [0.3, 0.4) is 0 Å². The van der Waals surface area contributed by atoms with Crippen LogP contribution in [0.15, 0.2) is 0 Å². The first kappa shape index (κ1) is 26.6. The predicted molar refractivity (Wildman–Crippen MR) is 96.4 cm³/mol. The fraction of sp³-hybridized carbons (Fsp3) is 0.857. The van der Waals surface area contributed by atoms with Gasteiger partial charge in [-0.3, -0.25) is 9.59 Å². The minimum Gasteiger partial charge on any atom is -0.481 e. The second kappa shape index (κ2) is 25.6. The Morgan fingerprint density at radius 1 is 0.762 bits per heavy atom. The molecule has 0 aromatic carbocycles. The maximum atomic E-state index is 9.96. The smallest absolute Gasteiger partial charge is 0.303 e. The van der Waals surface area contributed by atoms with Gasteiger partial charge in [-0.2, -0.15) is 0 Å². The summed E-state index contributed by atoms with van der Waals surface area (Å²) in [7, 11) is 0. The SMILES string of the molecule is Br[Te]Br.CCCCCCC(=O)O.CCCCCCC(=O)O. The number of rotatable bonds is 10. The quantitative estimate of drug-likeness (QED) is 0.284. The predicted octanol–water partition coefficient (Wildman–Crippen LogP) is 5.39. The third-order valence-corrected chi connectivity index (χ3v) is 2.49. The van der Waals surface area contributed by atoms with Gasteiger partial charge >= 0.3 is 54.0 Å². The topological polar surface area (TPSA) is 74.6 Å². The molecule has 128 valence electrons. The van der Waals surface area contributed by atoms with Crippen LogP contribution in [-0.2, 0) is 9.59 Å². The van der Waals surface area contributed by atoms with Crippen LogP contribution >= 0.6 is 25.5 Å². The molecule has 0 aromatic heterocycles. The van der Waals surface area contributed by atoms with Gasteiger partial charge in [-0.15, -0.1) is 0 Å². The molecule has 0 rings (SSSR count). The van der Waals surface area contributed by atoms with Crippen molar-refractivity contribution in [3.8, 4) is 0 Å². The van der Waals surface area contributed by atoms with Crippen LogP contribution in [0.2, 0.25) is 0 Å². The zero-order valence-corrected chi connectivity index (χ0v) is 18.4. The van der Waals surface area contributed by atoms with E-state index in [1.54, 1.807) is 0 Å². The van der Waals surface area contributed by atoms with Gasteiger partial charge in [0, 0.05) is 12.8 Å². The first-order valence-electron chi connectivity index (χ1n) is 7.29. The average Bonchev–Trinajstić information content (AvgIpc) is 2.41. The number of carboxylic acid groups (broad SMARTS) is 2. The molecular weight excluding hydrogens is 520 g/mol. The molecule has 0 aliphatic rings. The van der Waals surface area contributed by atoms with Gasteiger partial charge in [-0.25, -0.2) is 0 Å². The zero-order valence-electron chi connectivity index (χ0n) is 12.9. The largest absolute Gasteiger partial charge is 0.481 e. The molecule has 2 N–H and O–H groups in total. The minimum absolute atomic E-state index is 0.0950. The fourth-order valence-corrected chi connectivity index (χ4v) is 1.41. The summed E-state index contributed by atoms with van der Waals surface area (Å²) in [4.78, 5) is 19.9. The molecule has 0 amide bonds. The van der Waals surface area contributed by atoms with E-state index in [9.17, 15) is 9.59 Å². The number of aliphatic carboxylic acids is 2. The molecule has 0 spiro atoms. The Labute approximate surface area is 151 Å².